The largest absolute Gasteiger partial charge is 0.481 e. The van der Waals surface area contributed by atoms with Gasteiger partial charge in [-0.3, -0.25) is 4.79 Å². The average Bonchev–Trinajstić information content (AvgIpc) is 2.27. The molecule has 0 radical (unpaired) electrons. The van der Waals surface area contributed by atoms with Crippen LogP contribution in [0.4, 0.5) is 4.79 Å². The SMILES string of the molecule is CC(C)(CCC(=O)O)NC(=O)N1CCCCC1. The number of carbonyl (C=O) groups excluding carboxylic acids is 1. The Morgan fingerprint density at radius 2 is 1.82 bits per heavy atom. The van der Waals surface area contributed by atoms with Gasteiger partial charge in [0.2, 0.25) is 0 Å². The van der Waals surface area contributed by atoms with Crippen LogP contribution in [0.2, 0.25) is 0 Å². The van der Waals surface area contributed by atoms with Crippen molar-refractivity contribution in [3.63, 3.8) is 0 Å². The monoisotopic (exact) mass is 242 g/mol. The van der Waals surface area contributed by atoms with Crippen molar-refractivity contribution in [3.8, 4) is 0 Å². The fraction of sp³-hybridized carbons (Fsp3) is 0.833. The van der Waals surface area contributed by atoms with E-state index in [9.17, 15) is 9.59 Å². The molecule has 2 N–H and O–H groups in total. The van der Waals surface area contributed by atoms with E-state index in [1.807, 2.05) is 18.7 Å². The van der Waals surface area contributed by atoms with Crippen LogP contribution in [-0.4, -0.2) is 40.6 Å². The van der Waals surface area contributed by atoms with Crippen molar-refractivity contribution in [1.82, 2.24) is 10.2 Å². The van der Waals surface area contributed by atoms with Crippen LogP contribution in [0.25, 0.3) is 0 Å². The molecule has 1 rings (SSSR count). The van der Waals surface area contributed by atoms with E-state index >= 15 is 0 Å². The molecule has 17 heavy (non-hydrogen) atoms. The molecule has 0 atom stereocenters. The molecule has 0 aromatic rings. The maximum Gasteiger partial charge on any atom is 0.317 e. The number of likely N-dealkylation sites (tertiary alicyclic amines) is 1. The lowest BCUT2D eigenvalue weighted by molar-refractivity contribution is -0.137. The van der Waals surface area contributed by atoms with E-state index < -0.39 is 11.5 Å². The normalized spacial score (nSPS) is 16.7. The van der Waals surface area contributed by atoms with E-state index in [1.54, 1.807) is 0 Å². The van der Waals surface area contributed by atoms with Gasteiger partial charge in [-0.25, -0.2) is 4.79 Å². The molecule has 1 heterocycles. The Bertz CT molecular complexity index is 283. The molecule has 1 fully saturated rings. The minimum atomic E-state index is -0.828. The van der Waals surface area contributed by atoms with E-state index in [2.05, 4.69) is 5.32 Å². The number of hydrogen-bond acceptors (Lipinski definition) is 2. The first-order valence-corrected chi connectivity index (χ1v) is 6.20. The summed E-state index contributed by atoms with van der Waals surface area (Å²) < 4.78 is 0. The number of nitrogens with zero attached hydrogens (tertiary/aromatic N) is 1. The predicted molar refractivity (Wildman–Crippen MR) is 64.9 cm³/mol. The van der Waals surface area contributed by atoms with E-state index in [0.717, 1.165) is 25.9 Å². The number of carbonyl (C=O) groups is 2. The van der Waals surface area contributed by atoms with Crippen molar-refractivity contribution in [2.24, 2.45) is 0 Å². The zero-order valence-electron chi connectivity index (χ0n) is 10.7. The van der Waals surface area contributed by atoms with Crippen LogP contribution >= 0.6 is 0 Å². The van der Waals surface area contributed by atoms with E-state index in [4.69, 9.17) is 5.11 Å². The molecule has 1 aliphatic rings. The number of amides is 2. The Balaban J connectivity index is 2.39. The summed E-state index contributed by atoms with van der Waals surface area (Å²) >= 11 is 0. The maximum absolute atomic E-state index is 11.9. The molecule has 5 nitrogen and oxygen atoms in total. The van der Waals surface area contributed by atoms with Gasteiger partial charge in [0.25, 0.3) is 0 Å². The molecular formula is C12H22N2O3. The fourth-order valence-corrected chi connectivity index (χ4v) is 1.95. The van der Waals surface area contributed by atoms with Gasteiger partial charge in [0.1, 0.15) is 0 Å². The first-order valence-electron chi connectivity index (χ1n) is 6.20. The van der Waals surface area contributed by atoms with E-state index in [0.29, 0.717) is 6.42 Å². The van der Waals surface area contributed by atoms with Gasteiger partial charge in [0, 0.05) is 25.0 Å². The minimum absolute atomic E-state index is 0.0694. The summed E-state index contributed by atoms with van der Waals surface area (Å²) in [6.07, 6.45) is 3.83. The molecule has 0 aliphatic carbocycles. The summed E-state index contributed by atoms with van der Waals surface area (Å²) in [5.74, 6) is -0.828. The number of nitrogens with one attached hydrogen (secondary N) is 1. The molecule has 0 spiro atoms. The van der Waals surface area contributed by atoms with Crippen molar-refractivity contribution in [2.45, 2.75) is 51.5 Å². The summed E-state index contributed by atoms with van der Waals surface area (Å²) in [6, 6.07) is -0.0694. The number of rotatable bonds is 4. The maximum atomic E-state index is 11.9. The highest BCUT2D eigenvalue weighted by Gasteiger charge is 2.25. The molecular weight excluding hydrogens is 220 g/mol. The van der Waals surface area contributed by atoms with Crippen molar-refractivity contribution in [1.29, 1.82) is 0 Å². The van der Waals surface area contributed by atoms with Gasteiger partial charge < -0.3 is 15.3 Å². The number of piperidine rings is 1. The first kappa shape index (κ1) is 13.8. The second kappa shape index (κ2) is 5.89. The van der Waals surface area contributed by atoms with Crippen LogP contribution < -0.4 is 5.32 Å². The lowest BCUT2D eigenvalue weighted by Gasteiger charge is -2.32. The second-order valence-electron chi connectivity index (χ2n) is 5.26. The number of hydrogen-bond donors (Lipinski definition) is 2. The third-order valence-corrected chi connectivity index (χ3v) is 3.05. The molecule has 0 saturated carbocycles. The smallest absolute Gasteiger partial charge is 0.317 e. The van der Waals surface area contributed by atoms with Gasteiger partial charge in [-0.1, -0.05) is 0 Å². The predicted octanol–water partition coefficient (Wildman–Crippen LogP) is 1.83. The van der Waals surface area contributed by atoms with Crippen LogP contribution in [0.3, 0.4) is 0 Å². The van der Waals surface area contributed by atoms with Gasteiger partial charge in [0.15, 0.2) is 0 Å². The third kappa shape index (κ3) is 5.06. The number of carboxylic acid groups (broad SMARTS) is 1. The summed E-state index contributed by atoms with van der Waals surface area (Å²) in [7, 11) is 0. The number of urea groups is 1. The zero-order valence-corrected chi connectivity index (χ0v) is 10.7. The average molecular weight is 242 g/mol. The molecule has 0 aromatic heterocycles. The highest BCUT2D eigenvalue weighted by Crippen LogP contribution is 2.14. The highest BCUT2D eigenvalue weighted by atomic mass is 16.4. The second-order valence-corrected chi connectivity index (χ2v) is 5.26. The van der Waals surface area contributed by atoms with Gasteiger partial charge in [-0.15, -0.1) is 0 Å². The summed E-state index contributed by atoms with van der Waals surface area (Å²) in [5, 5.41) is 11.5. The summed E-state index contributed by atoms with van der Waals surface area (Å²) in [6.45, 7) is 5.33. The van der Waals surface area contributed by atoms with Gasteiger partial charge in [-0.05, 0) is 39.5 Å². The Hall–Kier alpha value is -1.26. The molecule has 2 amide bonds. The summed E-state index contributed by atoms with van der Waals surface area (Å²) in [5.41, 5.74) is -0.465. The number of carboxylic acids is 1. The van der Waals surface area contributed by atoms with Gasteiger partial charge in [-0.2, -0.15) is 0 Å². The molecule has 1 saturated heterocycles. The molecule has 1 aliphatic heterocycles. The highest BCUT2D eigenvalue weighted by molar-refractivity contribution is 5.75. The van der Waals surface area contributed by atoms with Gasteiger partial charge in [0.05, 0.1) is 0 Å². The van der Waals surface area contributed by atoms with Gasteiger partial charge >= 0.3 is 12.0 Å². The fourth-order valence-electron chi connectivity index (χ4n) is 1.95. The van der Waals surface area contributed by atoms with Crippen LogP contribution in [0, 0.1) is 0 Å². The van der Waals surface area contributed by atoms with Crippen molar-refractivity contribution >= 4 is 12.0 Å². The molecule has 0 bridgehead atoms. The quantitative estimate of drug-likeness (QED) is 0.790. The number of aliphatic carboxylic acids is 1. The van der Waals surface area contributed by atoms with Crippen LogP contribution in [0.1, 0.15) is 46.0 Å². The van der Waals surface area contributed by atoms with Crippen molar-refractivity contribution in [2.75, 3.05) is 13.1 Å². The Morgan fingerprint density at radius 3 is 2.35 bits per heavy atom. The molecule has 0 aromatic carbocycles. The Morgan fingerprint density at radius 1 is 1.24 bits per heavy atom. The van der Waals surface area contributed by atoms with Crippen LogP contribution in [-0.2, 0) is 4.79 Å². The van der Waals surface area contributed by atoms with E-state index in [1.165, 1.54) is 6.42 Å². The zero-order chi connectivity index (χ0) is 12.9. The topological polar surface area (TPSA) is 69.6 Å². The lowest BCUT2D eigenvalue weighted by atomic mass is 9.98. The molecule has 0 unspecified atom stereocenters. The van der Waals surface area contributed by atoms with Crippen LogP contribution in [0.15, 0.2) is 0 Å². The molecule has 98 valence electrons. The summed E-state index contributed by atoms with van der Waals surface area (Å²) in [4.78, 5) is 24.2. The Labute approximate surface area is 102 Å². The van der Waals surface area contributed by atoms with E-state index in [-0.39, 0.29) is 12.5 Å². The van der Waals surface area contributed by atoms with Crippen molar-refractivity contribution in [3.05, 3.63) is 0 Å². The Kier molecular flexibility index (Phi) is 4.78. The lowest BCUT2D eigenvalue weighted by Crippen LogP contribution is -2.51. The van der Waals surface area contributed by atoms with Crippen molar-refractivity contribution < 1.29 is 14.7 Å². The minimum Gasteiger partial charge on any atom is -0.481 e. The third-order valence-electron chi connectivity index (χ3n) is 3.05. The first-order chi connectivity index (χ1) is 7.91. The standard InChI is InChI=1S/C12H22N2O3/c1-12(2,7-6-10(15)16)13-11(17)14-8-4-3-5-9-14/h3-9H2,1-2H3,(H,13,17)(H,15,16). The molecule has 5 heteroatoms. The van der Waals surface area contributed by atoms with Crippen LogP contribution in [0.5, 0.6) is 0 Å².